The number of hydrogen-bond donors (Lipinski definition) is 1. The van der Waals surface area contributed by atoms with E-state index in [0.717, 1.165) is 35.1 Å². The van der Waals surface area contributed by atoms with Gasteiger partial charge in [0, 0.05) is 17.5 Å². The molecule has 1 N–H and O–H groups in total. The molecule has 0 saturated heterocycles. The largest absolute Gasteiger partial charge is 0.508 e. The first kappa shape index (κ1) is 13.0. The molecule has 1 aromatic heterocycles. The van der Waals surface area contributed by atoms with Crippen molar-refractivity contribution in [1.29, 1.82) is 0 Å². The first-order valence-corrected chi connectivity index (χ1v) is 7.03. The molecule has 0 unspecified atom stereocenters. The van der Waals surface area contributed by atoms with E-state index in [2.05, 4.69) is 12.0 Å². The van der Waals surface area contributed by atoms with E-state index in [0.29, 0.717) is 5.02 Å². The highest BCUT2D eigenvalue weighted by molar-refractivity contribution is 6.35. The zero-order chi connectivity index (χ0) is 14.1. The second-order valence-corrected chi connectivity index (χ2v) is 5.16. The van der Waals surface area contributed by atoms with E-state index in [4.69, 9.17) is 11.6 Å². The maximum Gasteiger partial charge on any atom is 0.115 e. The fourth-order valence-electron chi connectivity index (χ4n) is 2.42. The van der Waals surface area contributed by atoms with Crippen molar-refractivity contribution in [2.24, 2.45) is 0 Å². The van der Waals surface area contributed by atoms with Crippen molar-refractivity contribution < 1.29 is 5.11 Å². The van der Waals surface area contributed by atoms with Gasteiger partial charge in [-0.3, -0.25) is 4.68 Å². The third-order valence-corrected chi connectivity index (χ3v) is 3.60. The van der Waals surface area contributed by atoms with Gasteiger partial charge in [-0.2, -0.15) is 5.10 Å². The molecule has 102 valence electrons. The Kier molecular flexibility index (Phi) is 3.36. The van der Waals surface area contributed by atoms with Gasteiger partial charge in [0.1, 0.15) is 11.3 Å². The third kappa shape index (κ3) is 2.14. The number of aromatic nitrogens is 2. The lowest BCUT2D eigenvalue weighted by atomic mass is 10.1. The van der Waals surface area contributed by atoms with Crippen LogP contribution in [0.2, 0.25) is 5.02 Å². The van der Waals surface area contributed by atoms with Crippen molar-refractivity contribution in [3.05, 3.63) is 47.5 Å². The van der Waals surface area contributed by atoms with Crippen LogP contribution in [0.3, 0.4) is 0 Å². The highest BCUT2D eigenvalue weighted by Gasteiger charge is 2.14. The van der Waals surface area contributed by atoms with Gasteiger partial charge >= 0.3 is 0 Å². The summed E-state index contributed by atoms with van der Waals surface area (Å²) in [6, 6.07) is 13.0. The molecule has 1 heterocycles. The predicted octanol–water partition coefficient (Wildman–Crippen LogP) is 4.47. The molecule has 0 aliphatic carbocycles. The second-order valence-electron chi connectivity index (χ2n) is 4.75. The van der Waals surface area contributed by atoms with Crippen LogP contribution in [0.4, 0.5) is 0 Å². The number of nitrogens with zero attached hydrogens (tertiary/aromatic N) is 2. The van der Waals surface area contributed by atoms with Gasteiger partial charge in [0.25, 0.3) is 0 Å². The number of aryl methyl sites for hydroxylation is 1. The van der Waals surface area contributed by atoms with Crippen LogP contribution in [0.5, 0.6) is 5.75 Å². The normalized spacial score (nSPS) is 11.1. The molecule has 4 heteroatoms. The lowest BCUT2D eigenvalue weighted by Crippen LogP contribution is -2.01. The van der Waals surface area contributed by atoms with Crippen molar-refractivity contribution >= 4 is 22.5 Å². The molecule has 0 saturated carbocycles. The molecular formula is C16H15ClN2O. The molecule has 20 heavy (non-hydrogen) atoms. The Balaban J connectivity index is 2.28. The van der Waals surface area contributed by atoms with Gasteiger partial charge in [-0.15, -0.1) is 0 Å². The van der Waals surface area contributed by atoms with Crippen molar-refractivity contribution in [3.63, 3.8) is 0 Å². The van der Waals surface area contributed by atoms with E-state index in [-0.39, 0.29) is 5.75 Å². The van der Waals surface area contributed by atoms with Crippen molar-refractivity contribution in [1.82, 2.24) is 9.78 Å². The molecule has 0 amide bonds. The summed E-state index contributed by atoms with van der Waals surface area (Å²) in [4.78, 5) is 0. The third-order valence-electron chi connectivity index (χ3n) is 3.30. The second kappa shape index (κ2) is 5.17. The highest BCUT2D eigenvalue weighted by Crippen LogP contribution is 2.33. The summed E-state index contributed by atoms with van der Waals surface area (Å²) in [5, 5.41) is 15.8. The van der Waals surface area contributed by atoms with Gasteiger partial charge < -0.3 is 5.11 Å². The van der Waals surface area contributed by atoms with E-state index in [9.17, 15) is 5.11 Å². The van der Waals surface area contributed by atoms with Gasteiger partial charge in [-0.1, -0.05) is 30.7 Å². The quantitative estimate of drug-likeness (QED) is 0.771. The molecule has 0 aliphatic heterocycles. The molecule has 0 spiro atoms. The van der Waals surface area contributed by atoms with E-state index in [1.165, 1.54) is 0 Å². The maximum absolute atomic E-state index is 9.44. The Morgan fingerprint density at radius 1 is 1.15 bits per heavy atom. The first-order chi connectivity index (χ1) is 9.70. The number of hydrogen-bond acceptors (Lipinski definition) is 2. The van der Waals surface area contributed by atoms with Gasteiger partial charge in [0.15, 0.2) is 0 Å². The fraction of sp³-hybridized carbons (Fsp3) is 0.188. The summed E-state index contributed by atoms with van der Waals surface area (Å²) in [7, 11) is 0. The van der Waals surface area contributed by atoms with Gasteiger partial charge in [-0.25, -0.2) is 0 Å². The van der Waals surface area contributed by atoms with E-state index in [1.807, 2.05) is 35.0 Å². The SMILES string of the molecule is CCCn1nc2c(Cl)cccc2c1-c1ccc(O)cc1. The van der Waals surface area contributed by atoms with Crippen LogP contribution in [0.15, 0.2) is 42.5 Å². The topological polar surface area (TPSA) is 38.0 Å². The van der Waals surface area contributed by atoms with Crippen LogP contribution in [0.25, 0.3) is 22.2 Å². The fourth-order valence-corrected chi connectivity index (χ4v) is 2.63. The highest BCUT2D eigenvalue weighted by atomic mass is 35.5. The smallest absolute Gasteiger partial charge is 0.115 e. The minimum atomic E-state index is 0.262. The van der Waals surface area contributed by atoms with Crippen LogP contribution < -0.4 is 0 Å². The number of rotatable bonds is 3. The lowest BCUT2D eigenvalue weighted by Gasteiger charge is -2.07. The van der Waals surface area contributed by atoms with Gasteiger partial charge in [0.2, 0.25) is 0 Å². The summed E-state index contributed by atoms with van der Waals surface area (Å²) in [5.41, 5.74) is 2.90. The van der Waals surface area contributed by atoms with E-state index in [1.54, 1.807) is 12.1 Å². The minimum Gasteiger partial charge on any atom is -0.508 e. The van der Waals surface area contributed by atoms with Gasteiger partial charge in [0.05, 0.1) is 10.7 Å². The number of phenols is 1. The van der Waals surface area contributed by atoms with Crippen molar-refractivity contribution in [2.75, 3.05) is 0 Å². The first-order valence-electron chi connectivity index (χ1n) is 6.65. The van der Waals surface area contributed by atoms with Crippen LogP contribution in [-0.2, 0) is 6.54 Å². The molecule has 2 aromatic carbocycles. The molecule has 3 aromatic rings. The summed E-state index contributed by atoms with van der Waals surface area (Å²) in [6.07, 6.45) is 0.997. The molecule has 0 atom stereocenters. The maximum atomic E-state index is 9.44. The Hall–Kier alpha value is -2.00. The summed E-state index contributed by atoms with van der Waals surface area (Å²) < 4.78 is 1.99. The summed E-state index contributed by atoms with van der Waals surface area (Å²) >= 11 is 6.24. The number of halogens is 1. The van der Waals surface area contributed by atoms with Crippen molar-refractivity contribution in [2.45, 2.75) is 19.9 Å². The number of benzene rings is 2. The Morgan fingerprint density at radius 2 is 1.90 bits per heavy atom. The molecule has 0 bridgehead atoms. The molecule has 3 nitrogen and oxygen atoms in total. The predicted molar refractivity (Wildman–Crippen MR) is 82.1 cm³/mol. The lowest BCUT2D eigenvalue weighted by molar-refractivity contribution is 0.475. The molecule has 0 radical (unpaired) electrons. The monoisotopic (exact) mass is 286 g/mol. The molecule has 0 aliphatic rings. The van der Waals surface area contributed by atoms with E-state index >= 15 is 0 Å². The number of fused-ring (bicyclic) bond motifs is 1. The molecular weight excluding hydrogens is 272 g/mol. The Morgan fingerprint density at radius 3 is 2.60 bits per heavy atom. The van der Waals surface area contributed by atoms with Crippen LogP contribution in [-0.4, -0.2) is 14.9 Å². The zero-order valence-electron chi connectivity index (χ0n) is 11.2. The average Bonchev–Trinajstić information content (AvgIpc) is 2.80. The minimum absolute atomic E-state index is 0.262. The van der Waals surface area contributed by atoms with Crippen LogP contribution in [0.1, 0.15) is 13.3 Å². The average molecular weight is 287 g/mol. The molecule has 3 rings (SSSR count). The molecule has 0 fully saturated rings. The van der Waals surface area contributed by atoms with Crippen LogP contribution in [0, 0.1) is 0 Å². The van der Waals surface area contributed by atoms with Crippen molar-refractivity contribution in [3.8, 4) is 17.0 Å². The Bertz CT molecular complexity index is 747. The summed E-state index contributed by atoms with van der Waals surface area (Å²) in [5.74, 6) is 0.262. The standard InChI is InChI=1S/C16H15ClN2O/c1-2-10-19-16(11-6-8-12(20)9-7-11)13-4-3-5-14(17)15(13)18-19/h3-9,20H,2,10H2,1H3. The number of phenolic OH excluding ortho intramolecular Hbond substituents is 1. The Labute approximate surface area is 122 Å². The van der Waals surface area contributed by atoms with E-state index < -0.39 is 0 Å². The summed E-state index contributed by atoms with van der Waals surface area (Å²) in [6.45, 7) is 2.95. The van der Waals surface area contributed by atoms with Gasteiger partial charge in [-0.05, 0) is 36.8 Å². The van der Waals surface area contributed by atoms with Crippen LogP contribution >= 0.6 is 11.6 Å². The zero-order valence-corrected chi connectivity index (χ0v) is 11.9. The number of aromatic hydroxyl groups is 1.